The zero-order valence-corrected chi connectivity index (χ0v) is 11.4. The fraction of sp³-hybridized carbons (Fsp3) is 0.133. The number of pyridine rings is 1. The van der Waals surface area contributed by atoms with E-state index in [0.717, 1.165) is 22.2 Å². The second kappa shape index (κ2) is 4.31. The molecule has 3 aromatic rings. The van der Waals surface area contributed by atoms with Crippen molar-refractivity contribution in [1.29, 1.82) is 0 Å². The predicted octanol–water partition coefficient (Wildman–Crippen LogP) is 2.33. The van der Waals surface area contributed by atoms with Crippen LogP contribution in [0.15, 0.2) is 42.7 Å². The van der Waals surface area contributed by atoms with Crippen LogP contribution in [-0.4, -0.2) is 20.8 Å². The normalized spacial score (nSPS) is 14.1. The van der Waals surface area contributed by atoms with Gasteiger partial charge in [-0.25, -0.2) is 14.7 Å². The second-order valence-corrected chi connectivity index (χ2v) is 5.03. The van der Waals surface area contributed by atoms with Crippen molar-refractivity contribution in [2.45, 2.75) is 6.54 Å². The van der Waals surface area contributed by atoms with Crippen LogP contribution in [0.2, 0.25) is 0 Å². The molecule has 0 bridgehead atoms. The highest BCUT2D eigenvalue weighted by Crippen LogP contribution is 2.31. The molecule has 3 heterocycles. The summed E-state index contributed by atoms with van der Waals surface area (Å²) in [6, 6.07) is 9.43. The van der Waals surface area contributed by atoms with E-state index >= 15 is 0 Å². The molecule has 0 radical (unpaired) electrons. The van der Waals surface area contributed by atoms with E-state index < -0.39 is 0 Å². The first-order valence-electron chi connectivity index (χ1n) is 6.67. The second-order valence-electron chi connectivity index (χ2n) is 5.03. The van der Waals surface area contributed by atoms with Gasteiger partial charge in [-0.2, -0.15) is 5.10 Å². The molecular weight excluding hydrogens is 266 g/mol. The zero-order valence-electron chi connectivity index (χ0n) is 11.4. The zero-order chi connectivity index (χ0) is 14.4. The lowest BCUT2D eigenvalue weighted by Crippen LogP contribution is -2.41. The van der Waals surface area contributed by atoms with Crippen molar-refractivity contribution in [2.24, 2.45) is 7.05 Å². The SMILES string of the molecule is Cn1cc2cc(N3C(=O)NCc4cccnc43)ccc2n1. The number of hydrogen-bond donors (Lipinski definition) is 1. The number of benzene rings is 1. The van der Waals surface area contributed by atoms with Crippen LogP contribution in [0.5, 0.6) is 0 Å². The molecule has 0 saturated carbocycles. The molecule has 2 amide bonds. The Kier molecular flexibility index (Phi) is 2.44. The number of aryl methyl sites for hydroxylation is 1. The molecular formula is C15H13N5O. The highest BCUT2D eigenvalue weighted by molar-refractivity contribution is 6.02. The van der Waals surface area contributed by atoms with E-state index in [1.54, 1.807) is 15.8 Å². The fourth-order valence-corrected chi connectivity index (χ4v) is 2.63. The van der Waals surface area contributed by atoms with Gasteiger partial charge in [0.2, 0.25) is 0 Å². The Morgan fingerprint density at radius 1 is 1.29 bits per heavy atom. The van der Waals surface area contributed by atoms with E-state index in [2.05, 4.69) is 15.4 Å². The molecule has 6 heteroatoms. The largest absolute Gasteiger partial charge is 0.333 e. The number of nitrogens with zero attached hydrogens (tertiary/aromatic N) is 4. The summed E-state index contributed by atoms with van der Waals surface area (Å²) in [5.41, 5.74) is 2.69. The number of amides is 2. The molecule has 0 saturated heterocycles. The lowest BCUT2D eigenvalue weighted by atomic mass is 10.1. The van der Waals surface area contributed by atoms with E-state index in [-0.39, 0.29) is 6.03 Å². The van der Waals surface area contributed by atoms with E-state index in [1.165, 1.54) is 0 Å². The Balaban J connectivity index is 1.88. The molecule has 0 atom stereocenters. The van der Waals surface area contributed by atoms with Gasteiger partial charge in [-0.05, 0) is 24.3 Å². The summed E-state index contributed by atoms with van der Waals surface area (Å²) < 4.78 is 1.76. The van der Waals surface area contributed by atoms with Crippen LogP contribution >= 0.6 is 0 Å². The smallest absolute Gasteiger partial charge is 0.327 e. The fourth-order valence-electron chi connectivity index (χ4n) is 2.63. The van der Waals surface area contributed by atoms with Gasteiger partial charge in [0.1, 0.15) is 5.82 Å². The van der Waals surface area contributed by atoms with E-state index in [9.17, 15) is 4.79 Å². The average Bonchev–Trinajstić information content (AvgIpc) is 2.86. The lowest BCUT2D eigenvalue weighted by Gasteiger charge is -2.28. The average molecular weight is 279 g/mol. The van der Waals surface area contributed by atoms with Crippen molar-refractivity contribution in [3.8, 4) is 0 Å². The van der Waals surface area contributed by atoms with Crippen LogP contribution in [0.4, 0.5) is 16.3 Å². The summed E-state index contributed by atoms with van der Waals surface area (Å²) in [6.45, 7) is 0.508. The Bertz CT molecular complexity index is 854. The highest BCUT2D eigenvalue weighted by atomic mass is 16.2. The first-order valence-corrected chi connectivity index (χ1v) is 6.67. The van der Waals surface area contributed by atoms with Gasteiger partial charge >= 0.3 is 6.03 Å². The third-order valence-electron chi connectivity index (χ3n) is 3.57. The van der Waals surface area contributed by atoms with Crippen LogP contribution in [0.25, 0.3) is 10.9 Å². The van der Waals surface area contributed by atoms with Gasteiger partial charge in [-0.15, -0.1) is 0 Å². The third kappa shape index (κ3) is 1.84. The minimum Gasteiger partial charge on any atom is -0.333 e. The van der Waals surface area contributed by atoms with Crippen LogP contribution in [0.3, 0.4) is 0 Å². The molecule has 2 aromatic heterocycles. The van der Waals surface area contributed by atoms with Gasteiger partial charge in [0.05, 0.1) is 11.2 Å². The first-order chi connectivity index (χ1) is 10.2. The van der Waals surface area contributed by atoms with E-state index in [0.29, 0.717) is 12.4 Å². The molecule has 0 spiro atoms. The van der Waals surface area contributed by atoms with Crippen LogP contribution in [0, 0.1) is 0 Å². The molecule has 1 aliphatic heterocycles. The topological polar surface area (TPSA) is 63.1 Å². The van der Waals surface area contributed by atoms with Gasteiger partial charge < -0.3 is 5.32 Å². The molecule has 104 valence electrons. The standard InChI is InChI=1S/C15H13N5O/c1-19-9-11-7-12(4-5-13(11)18-19)20-14-10(3-2-6-16-14)8-17-15(20)21/h2-7,9H,8H2,1H3,(H,17,21). The van der Waals surface area contributed by atoms with Crippen molar-refractivity contribution in [3.05, 3.63) is 48.3 Å². The number of carbonyl (C=O) groups excluding carboxylic acids is 1. The van der Waals surface area contributed by atoms with Crippen molar-refractivity contribution < 1.29 is 4.79 Å². The number of nitrogens with one attached hydrogen (secondary N) is 1. The maximum atomic E-state index is 12.3. The molecule has 1 aliphatic rings. The van der Waals surface area contributed by atoms with Crippen LogP contribution in [-0.2, 0) is 13.6 Å². The third-order valence-corrected chi connectivity index (χ3v) is 3.57. The molecule has 1 N–H and O–H groups in total. The van der Waals surface area contributed by atoms with Gasteiger partial charge in [-0.1, -0.05) is 6.07 Å². The number of urea groups is 1. The van der Waals surface area contributed by atoms with Crippen molar-refractivity contribution >= 4 is 28.4 Å². The maximum absolute atomic E-state index is 12.3. The monoisotopic (exact) mass is 279 g/mol. The Hall–Kier alpha value is -2.89. The Labute approximate surface area is 121 Å². The molecule has 21 heavy (non-hydrogen) atoms. The number of rotatable bonds is 1. The number of aromatic nitrogens is 3. The van der Waals surface area contributed by atoms with E-state index in [4.69, 9.17) is 0 Å². The number of anilines is 2. The van der Waals surface area contributed by atoms with Gasteiger partial charge in [0.15, 0.2) is 0 Å². The quantitative estimate of drug-likeness (QED) is 0.743. The summed E-state index contributed by atoms with van der Waals surface area (Å²) in [4.78, 5) is 18.2. The molecule has 0 aliphatic carbocycles. The van der Waals surface area contributed by atoms with Gasteiger partial charge in [-0.3, -0.25) is 4.68 Å². The molecule has 0 fully saturated rings. The molecule has 0 unspecified atom stereocenters. The Morgan fingerprint density at radius 3 is 3.10 bits per heavy atom. The number of carbonyl (C=O) groups is 1. The van der Waals surface area contributed by atoms with Crippen LogP contribution < -0.4 is 10.2 Å². The molecule has 4 rings (SSSR count). The predicted molar refractivity (Wildman–Crippen MR) is 79.3 cm³/mol. The number of fused-ring (bicyclic) bond motifs is 2. The van der Waals surface area contributed by atoms with Crippen molar-refractivity contribution in [3.63, 3.8) is 0 Å². The van der Waals surface area contributed by atoms with Crippen LogP contribution in [0.1, 0.15) is 5.56 Å². The summed E-state index contributed by atoms with van der Waals surface area (Å²) in [7, 11) is 1.88. The van der Waals surface area contributed by atoms with E-state index in [1.807, 2.05) is 43.6 Å². The molecule has 1 aromatic carbocycles. The highest BCUT2D eigenvalue weighted by Gasteiger charge is 2.26. The van der Waals surface area contributed by atoms with Crippen molar-refractivity contribution in [1.82, 2.24) is 20.1 Å². The first kappa shape index (κ1) is 11.9. The minimum absolute atomic E-state index is 0.163. The summed E-state index contributed by atoms with van der Waals surface area (Å²) in [6.07, 6.45) is 3.63. The molecule has 6 nitrogen and oxygen atoms in total. The van der Waals surface area contributed by atoms with Gasteiger partial charge in [0.25, 0.3) is 0 Å². The lowest BCUT2D eigenvalue weighted by molar-refractivity contribution is 0.247. The Morgan fingerprint density at radius 2 is 2.19 bits per heavy atom. The van der Waals surface area contributed by atoms with Gasteiger partial charge in [0, 0.05) is 36.9 Å². The number of hydrogen-bond acceptors (Lipinski definition) is 3. The summed E-state index contributed by atoms with van der Waals surface area (Å²) in [5.74, 6) is 0.685. The summed E-state index contributed by atoms with van der Waals surface area (Å²) in [5, 5.41) is 8.20. The maximum Gasteiger partial charge on any atom is 0.327 e. The summed E-state index contributed by atoms with van der Waals surface area (Å²) >= 11 is 0. The minimum atomic E-state index is -0.163. The van der Waals surface area contributed by atoms with Crippen molar-refractivity contribution in [2.75, 3.05) is 4.90 Å².